The maximum atomic E-state index is 12.3. The molecule has 0 spiro atoms. The van der Waals surface area contributed by atoms with Gasteiger partial charge < -0.3 is 10.1 Å². The fourth-order valence-corrected chi connectivity index (χ4v) is 2.55. The first-order valence-corrected chi connectivity index (χ1v) is 6.38. The summed E-state index contributed by atoms with van der Waals surface area (Å²) in [5, 5.41) is 7.92. The first kappa shape index (κ1) is 13.5. The zero-order valence-electron chi connectivity index (χ0n) is 10.9. The molecule has 1 aromatic heterocycles. The molecule has 0 bridgehead atoms. The van der Waals surface area contributed by atoms with Crippen LogP contribution in [0.1, 0.15) is 11.4 Å². The number of aryl methyl sites for hydroxylation is 2. The number of ether oxygens (including phenoxy) is 1. The third kappa shape index (κ3) is 2.43. The molecule has 100 valence electrons. The van der Waals surface area contributed by atoms with Crippen LogP contribution >= 0.6 is 11.6 Å². The first-order chi connectivity index (χ1) is 8.54. The van der Waals surface area contributed by atoms with Crippen LogP contribution < -0.4 is 5.32 Å². The number of ketones is 1. The lowest BCUT2D eigenvalue weighted by molar-refractivity contribution is -0.122. The molecular formula is C12H18ClN3O2. The van der Waals surface area contributed by atoms with E-state index in [1.807, 2.05) is 21.0 Å². The average Bonchev–Trinajstić information content (AvgIpc) is 2.90. The van der Waals surface area contributed by atoms with Gasteiger partial charge in [0, 0.05) is 13.1 Å². The molecule has 2 heterocycles. The maximum absolute atomic E-state index is 12.3. The van der Waals surface area contributed by atoms with Crippen LogP contribution in [-0.4, -0.2) is 41.9 Å². The normalized spacial score (nSPS) is 23.6. The smallest absolute Gasteiger partial charge is 0.145 e. The summed E-state index contributed by atoms with van der Waals surface area (Å²) < 4.78 is 7.03. The van der Waals surface area contributed by atoms with Gasteiger partial charge in [-0.3, -0.25) is 9.48 Å². The molecule has 1 N–H and O–H groups in total. The van der Waals surface area contributed by atoms with Gasteiger partial charge in [0.15, 0.2) is 0 Å². The van der Waals surface area contributed by atoms with E-state index in [9.17, 15) is 4.79 Å². The van der Waals surface area contributed by atoms with Gasteiger partial charge in [-0.05, 0) is 14.0 Å². The number of carbonyl (C=O) groups excluding carboxylic acids is 1. The third-order valence-corrected chi connectivity index (χ3v) is 3.96. The van der Waals surface area contributed by atoms with Crippen molar-refractivity contribution in [3.63, 3.8) is 0 Å². The molecule has 2 rings (SSSR count). The molecule has 0 saturated carbocycles. The number of halogens is 1. The van der Waals surface area contributed by atoms with Crippen LogP contribution in [0.3, 0.4) is 0 Å². The van der Waals surface area contributed by atoms with Crippen molar-refractivity contribution < 1.29 is 9.53 Å². The second-order valence-electron chi connectivity index (χ2n) is 4.65. The second-order valence-corrected chi connectivity index (χ2v) is 5.03. The van der Waals surface area contributed by atoms with Gasteiger partial charge in [-0.1, -0.05) is 11.6 Å². The Morgan fingerprint density at radius 3 is 2.89 bits per heavy atom. The van der Waals surface area contributed by atoms with Crippen LogP contribution in [0.15, 0.2) is 0 Å². The molecule has 2 atom stereocenters. The molecule has 5 nitrogen and oxygen atoms in total. The summed E-state index contributed by atoms with van der Waals surface area (Å²) in [7, 11) is 3.66. The van der Waals surface area contributed by atoms with Gasteiger partial charge in [0.25, 0.3) is 0 Å². The number of nitrogens with zero attached hydrogens (tertiary/aromatic N) is 2. The predicted molar refractivity (Wildman–Crippen MR) is 68.8 cm³/mol. The Bertz CT molecular complexity index is 458. The monoisotopic (exact) mass is 271 g/mol. The molecule has 2 unspecified atom stereocenters. The fourth-order valence-electron chi connectivity index (χ4n) is 2.32. The maximum Gasteiger partial charge on any atom is 0.145 e. The zero-order chi connectivity index (χ0) is 13.3. The molecule has 1 aliphatic rings. The summed E-state index contributed by atoms with van der Waals surface area (Å²) in [6.45, 7) is 2.91. The van der Waals surface area contributed by atoms with Crippen molar-refractivity contribution in [2.45, 2.75) is 19.4 Å². The Morgan fingerprint density at radius 1 is 1.61 bits per heavy atom. The SMILES string of the molecule is CNC1COCC1C(=O)Cc1c(Cl)c(C)nn1C. The summed E-state index contributed by atoms with van der Waals surface area (Å²) in [5.41, 5.74) is 1.54. The summed E-state index contributed by atoms with van der Waals surface area (Å²) in [5.74, 6) is 0.0537. The van der Waals surface area contributed by atoms with Gasteiger partial charge in [-0.15, -0.1) is 0 Å². The largest absolute Gasteiger partial charge is 0.379 e. The van der Waals surface area contributed by atoms with Crippen molar-refractivity contribution in [3.8, 4) is 0 Å². The molecule has 0 amide bonds. The highest BCUT2D eigenvalue weighted by Crippen LogP contribution is 2.23. The van der Waals surface area contributed by atoms with Crippen LogP contribution in [0, 0.1) is 12.8 Å². The van der Waals surface area contributed by atoms with E-state index in [4.69, 9.17) is 16.3 Å². The van der Waals surface area contributed by atoms with Crippen molar-refractivity contribution in [1.82, 2.24) is 15.1 Å². The summed E-state index contributed by atoms with van der Waals surface area (Å²) in [4.78, 5) is 12.3. The number of nitrogens with one attached hydrogen (secondary N) is 1. The highest BCUT2D eigenvalue weighted by molar-refractivity contribution is 6.32. The molecule has 0 aromatic carbocycles. The molecular weight excluding hydrogens is 254 g/mol. The van der Waals surface area contributed by atoms with Gasteiger partial charge in [0.2, 0.25) is 0 Å². The van der Waals surface area contributed by atoms with E-state index in [1.165, 1.54) is 0 Å². The Labute approximate surface area is 111 Å². The van der Waals surface area contributed by atoms with E-state index in [1.54, 1.807) is 4.68 Å². The molecule has 18 heavy (non-hydrogen) atoms. The molecule has 1 aliphatic heterocycles. The van der Waals surface area contributed by atoms with Crippen molar-refractivity contribution >= 4 is 17.4 Å². The molecule has 1 aromatic rings. The van der Waals surface area contributed by atoms with Crippen molar-refractivity contribution in [2.75, 3.05) is 20.3 Å². The number of likely N-dealkylation sites (N-methyl/N-ethyl adjacent to an activating group) is 1. The minimum absolute atomic E-state index is 0.0960. The topological polar surface area (TPSA) is 56.1 Å². The second kappa shape index (κ2) is 5.38. The highest BCUT2D eigenvalue weighted by atomic mass is 35.5. The zero-order valence-corrected chi connectivity index (χ0v) is 11.6. The van der Waals surface area contributed by atoms with E-state index in [-0.39, 0.29) is 17.7 Å². The highest BCUT2D eigenvalue weighted by Gasteiger charge is 2.33. The standard InChI is InChI=1S/C12H18ClN3O2/c1-7-12(13)10(16(3)15-7)4-11(17)8-5-18-6-9(8)14-2/h8-9,14H,4-6H2,1-3H3. The van der Waals surface area contributed by atoms with Crippen molar-refractivity contribution in [1.29, 1.82) is 0 Å². The summed E-state index contributed by atoms with van der Waals surface area (Å²) >= 11 is 6.15. The van der Waals surface area contributed by atoms with Crippen LogP contribution in [0.5, 0.6) is 0 Å². The number of hydrogen-bond donors (Lipinski definition) is 1. The van der Waals surface area contributed by atoms with E-state index in [0.29, 0.717) is 24.7 Å². The van der Waals surface area contributed by atoms with Gasteiger partial charge in [0.05, 0.1) is 42.0 Å². The molecule has 0 aliphatic carbocycles. The van der Waals surface area contributed by atoms with Gasteiger partial charge in [0.1, 0.15) is 5.78 Å². The lowest BCUT2D eigenvalue weighted by Gasteiger charge is -2.15. The van der Waals surface area contributed by atoms with Crippen molar-refractivity contribution in [3.05, 3.63) is 16.4 Å². The molecule has 1 saturated heterocycles. The van der Waals surface area contributed by atoms with Crippen LogP contribution in [0.2, 0.25) is 5.02 Å². The Hall–Kier alpha value is -0.910. The van der Waals surface area contributed by atoms with E-state index < -0.39 is 0 Å². The van der Waals surface area contributed by atoms with E-state index in [0.717, 1.165) is 11.4 Å². The number of hydrogen-bond acceptors (Lipinski definition) is 4. The number of Topliss-reactive ketones (excluding diaryl/α,β-unsaturated/α-hetero) is 1. The predicted octanol–water partition coefficient (Wildman–Crippen LogP) is 0.728. The van der Waals surface area contributed by atoms with Gasteiger partial charge in [-0.25, -0.2) is 0 Å². The molecule has 6 heteroatoms. The Kier molecular flexibility index (Phi) is 4.04. The third-order valence-electron chi connectivity index (χ3n) is 3.47. The number of carbonyl (C=O) groups is 1. The number of rotatable bonds is 4. The molecule has 1 fully saturated rings. The molecule has 0 radical (unpaired) electrons. The van der Waals surface area contributed by atoms with E-state index >= 15 is 0 Å². The van der Waals surface area contributed by atoms with Crippen LogP contribution in [-0.2, 0) is 23.0 Å². The lowest BCUT2D eigenvalue weighted by atomic mass is 9.95. The minimum atomic E-state index is -0.0960. The Morgan fingerprint density at radius 2 is 2.33 bits per heavy atom. The summed E-state index contributed by atoms with van der Waals surface area (Å²) in [6, 6.07) is 0.102. The average molecular weight is 272 g/mol. The lowest BCUT2D eigenvalue weighted by Crippen LogP contribution is -2.37. The van der Waals surface area contributed by atoms with Crippen LogP contribution in [0.4, 0.5) is 0 Å². The minimum Gasteiger partial charge on any atom is -0.379 e. The van der Waals surface area contributed by atoms with Crippen molar-refractivity contribution in [2.24, 2.45) is 13.0 Å². The first-order valence-electron chi connectivity index (χ1n) is 6.00. The fraction of sp³-hybridized carbons (Fsp3) is 0.667. The quantitative estimate of drug-likeness (QED) is 0.877. The summed E-state index contributed by atoms with van der Waals surface area (Å²) in [6.07, 6.45) is 0.308. The Balaban J connectivity index is 2.11. The van der Waals surface area contributed by atoms with E-state index in [2.05, 4.69) is 10.4 Å². The van der Waals surface area contributed by atoms with Gasteiger partial charge in [-0.2, -0.15) is 5.10 Å². The number of aromatic nitrogens is 2. The van der Waals surface area contributed by atoms with Crippen LogP contribution in [0.25, 0.3) is 0 Å². The van der Waals surface area contributed by atoms with Gasteiger partial charge >= 0.3 is 0 Å².